The van der Waals surface area contributed by atoms with Gasteiger partial charge in [-0.15, -0.1) is 0 Å². The lowest BCUT2D eigenvalue weighted by Gasteiger charge is -2.40. The number of nitroso groups, excluding NO2 is 2. The van der Waals surface area contributed by atoms with Crippen LogP contribution in [0.2, 0.25) is 5.02 Å². The first-order valence-corrected chi connectivity index (χ1v) is 14.3. The normalized spacial score (nSPS) is 22.5. The van der Waals surface area contributed by atoms with Gasteiger partial charge in [-0.2, -0.15) is 0 Å². The molecule has 11 heteroatoms. The van der Waals surface area contributed by atoms with Crippen molar-refractivity contribution in [3.63, 3.8) is 0 Å². The number of fused-ring (bicyclic) bond motifs is 1. The van der Waals surface area contributed by atoms with E-state index in [1.807, 2.05) is 54.0 Å². The topological polar surface area (TPSA) is 100 Å². The summed E-state index contributed by atoms with van der Waals surface area (Å²) in [6.07, 6.45) is 2.66. The predicted molar refractivity (Wildman–Crippen MR) is 159 cm³/mol. The molecule has 0 bridgehead atoms. The van der Waals surface area contributed by atoms with Gasteiger partial charge in [0.15, 0.2) is 0 Å². The van der Waals surface area contributed by atoms with Crippen LogP contribution in [0.3, 0.4) is 0 Å². The number of hydrogen-bond acceptors (Lipinski definition) is 7. The molecule has 4 aromatic rings. The summed E-state index contributed by atoms with van der Waals surface area (Å²) in [6, 6.07) is 16.2. The average Bonchev–Trinajstić information content (AvgIpc) is 3.34. The number of nitrogens with zero attached hydrogens (tertiary/aromatic N) is 6. The molecule has 214 valence electrons. The molecule has 2 aliphatic heterocycles. The lowest BCUT2D eigenvalue weighted by Crippen LogP contribution is -2.58. The Balaban J connectivity index is 1.54. The number of benzene rings is 2. The number of aryl methyl sites for hydroxylation is 1. The van der Waals surface area contributed by atoms with Gasteiger partial charge in [-0.3, -0.25) is 14.3 Å². The summed E-state index contributed by atoms with van der Waals surface area (Å²) in [5.74, 6) is 0.720. The van der Waals surface area contributed by atoms with E-state index in [-0.39, 0.29) is 19.6 Å². The third-order valence-electron chi connectivity index (χ3n) is 8.38. The number of carbonyl (C=O) groups excluding carboxylic acids is 1. The number of para-hydroxylation sites is 1. The molecule has 0 saturated heterocycles. The van der Waals surface area contributed by atoms with Gasteiger partial charge in [-0.1, -0.05) is 40.8 Å². The molecule has 10 nitrogen and oxygen atoms in total. The van der Waals surface area contributed by atoms with Crippen molar-refractivity contribution in [1.29, 1.82) is 0 Å². The summed E-state index contributed by atoms with van der Waals surface area (Å²) < 4.78 is 9.24. The van der Waals surface area contributed by atoms with Gasteiger partial charge in [-0.05, 0) is 49.7 Å². The lowest BCUT2D eigenvalue weighted by molar-refractivity contribution is -0.796. The Hall–Kier alpha value is -4.44. The number of carbonyl (C=O) groups is 1. The lowest BCUT2D eigenvalue weighted by atomic mass is 9.71. The minimum absolute atomic E-state index is 0.101. The van der Waals surface area contributed by atoms with Crippen molar-refractivity contribution in [3.8, 4) is 5.69 Å². The van der Waals surface area contributed by atoms with E-state index in [0.29, 0.717) is 27.7 Å². The SMILES string of the molecule is CCOC(=O)C1(c2ccc(-n3c(C)nc4cnccc43)cc2)CC2=C(N(c3ccccc3Cl)C1)[N+](=O)C(C)[N+](=O)C2C. The van der Waals surface area contributed by atoms with E-state index >= 15 is 0 Å². The Labute approximate surface area is 247 Å². The summed E-state index contributed by atoms with van der Waals surface area (Å²) in [5.41, 5.74) is 3.20. The van der Waals surface area contributed by atoms with Gasteiger partial charge in [0.1, 0.15) is 29.0 Å². The van der Waals surface area contributed by atoms with Gasteiger partial charge in [-0.25, -0.2) is 9.88 Å². The molecule has 2 aromatic carbocycles. The van der Waals surface area contributed by atoms with Crippen LogP contribution in [0.5, 0.6) is 0 Å². The zero-order valence-electron chi connectivity index (χ0n) is 23.8. The van der Waals surface area contributed by atoms with Crippen molar-refractivity contribution < 1.29 is 19.1 Å². The fourth-order valence-corrected chi connectivity index (χ4v) is 6.46. The highest BCUT2D eigenvalue weighted by Gasteiger charge is 2.60. The van der Waals surface area contributed by atoms with E-state index in [1.54, 1.807) is 50.2 Å². The van der Waals surface area contributed by atoms with Crippen LogP contribution < -0.4 is 4.90 Å². The molecule has 3 unspecified atom stereocenters. The van der Waals surface area contributed by atoms with Crippen LogP contribution in [0.15, 0.2) is 78.4 Å². The molecule has 0 amide bonds. The second-order valence-electron chi connectivity index (χ2n) is 10.8. The maximum Gasteiger partial charge on any atom is 0.376 e. The second kappa shape index (κ2) is 10.4. The Morgan fingerprint density at radius 3 is 2.57 bits per heavy atom. The van der Waals surface area contributed by atoms with E-state index in [2.05, 4.69) is 9.97 Å². The van der Waals surface area contributed by atoms with Crippen molar-refractivity contribution in [2.45, 2.75) is 51.7 Å². The van der Waals surface area contributed by atoms with Crippen LogP contribution in [-0.4, -0.2) is 55.4 Å². The highest BCUT2D eigenvalue weighted by atomic mass is 35.5. The van der Waals surface area contributed by atoms with Gasteiger partial charge in [0.25, 0.3) is 0 Å². The Morgan fingerprint density at radius 1 is 1.12 bits per heavy atom. The molecule has 2 aliphatic rings. The smallest absolute Gasteiger partial charge is 0.376 e. The summed E-state index contributed by atoms with van der Waals surface area (Å²) >= 11 is 6.67. The minimum atomic E-state index is -1.22. The molecule has 3 atom stereocenters. The number of ether oxygens (including phenoxy) is 1. The first-order chi connectivity index (χ1) is 20.2. The molecule has 0 N–H and O–H groups in total. The van der Waals surface area contributed by atoms with Crippen molar-refractivity contribution in [2.75, 3.05) is 18.1 Å². The standard InChI is InChI=1S/C31H31ClN6O4/c1-5-42-30(39)31(22-10-12-23(13-11-22)36-20(3)34-26-17-33-15-14-28(26)36)16-24-19(2)37(40)21(4)38(41)29(24)35(18-31)27-9-7-6-8-25(27)32/h6-15,17,19,21H,5,16,18H2,1-4H3/q+2. The number of rotatable bonds is 5. The molecular weight excluding hydrogens is 556 g/mol. The van der Waals surface area contributed by atoms with E-state index in [9.17, 15) is 14.6 Å². The number of imidazole rings is 1. The van der Waals surface area contributed by atoms with Crippen LogP contribution in [0.25, 0.3) is 16.7 Å². The number of halogens is 1. The molecule has 0 radical (unpaired) electrons. The van der Waals surface area contributed by atoms with Gasteiger partial charge >= 0.3 is 18.0 Å². The molecule has 0 fully saturated rings. The molecule has 42 heavy (non-hydrogen) atoms. The maximum atomic E-state index is 14.0. The van der Waals surface area contributed by atoms with E-state index in [0.717, 1.165) is 32.1 Å². The minimum Gasteiger partial charge on any atom is -0.465 e. The number of aromatic nitrogens is 3. The van der Waals surface area contributed by atoms with E-state index < -0.39 is 23.6 Å². The quantitative estimate of drug-likeness (QED) is 0.221. The molecule has 0 spiro atoms. The van der Waals surface area contributed by atoms with Crippen LogP contribution in [0.1, 0.15) is 38.6 Å². The second-order valence-corrected chi connectivity index (χ2v) is 11.2. The number of pyridine rings is 1. The number of hydrogen-bond donors (Lipinski definition) is 0. The molecule has 0 saturated carbocycles. The van der Waals surface area contributed by atoms with Crippen LogP contribution >= 0.6 is 11.6 Å². The van der Waals surface area contributed by atoms with E-state index in [4.69, 9.17) is 16.3 Å². The fraction of sp³-hybridized carbons (Fsp3) is 0.323. The van der Waals surface area contributed by atoms with Crippen molar-refractivity contribution in [2.24, 2.45) is 0 Å². The first kappa shape index (κ1) is 27.7. The van der Waals surface area contributed by atoms with Crippen molar-refractivity contribution in [1.82, 2.24) is 14.5 Å². The predicted octanol–water partition coefficient (Wildman–Crippen LogP) is 5.61. The number of anilines is 1. The summed E-state index contributed by atoms with van der Waals surface area (Å²) in [7, 11) is 0. The first-order valence-electron chi connectivity index (χ1n) is 13.9. The fourth-order valence-electron chi connectivity index (χ4n) is 6.23. The maximum absolute atomic E-state index is 14.0. The Bertz CT molecular complexity index is 1780. The van der Waals surface area contributed by atoms with Crippen molar-refractivity contribution >= 4 is 34.3 Å². The number of esters is 1. The molecule has 6 rings (SSSR count). The third-order valence-corrected chi connectivity index (χ3v) is 8.70. The van der Waals surface area contributed by atoms with Gasteiger partial charge in [0.05, 0.1) is 33.7 Å². The largest absolute Gasteiger partial charge is 0.465 e. The van der Waals surface area contributed by atoms with Crippen LogP contribution in [0.4, 0.5) is 5.69 Å². The van der Waals surface area contributed by atoms with Gasteiger partial charge in [0.2, 0.25) is 6.04 Å². The van der Waals surface area contributed by atoms with E-state index in [1.165, 1.54) is 0 Å². The van der Waals surface area contributed by atoms with Gasteiger partial charge in [0, 0.05) is 41.8 Å². The summed E-state index contributed by atoms with van der Waals surface area (Å²) in [6.45, 7) is 7.32. The molecule has 4 heterocycles. The monoisotopic (exact) mass is 586 g/mol. The van der Waals surface area contributed by atoms with Crippen LogP contribution in [-0.2, 0) is 14.9 Å². The highest BCUT2D eigenvalue weighted by molar-refractivity contribution is 6.33. The Morgan fingerprint density at radius 2 is 1.86 bits per heavy atom. The molecule has 2 aromatic heterocycles. The summed E-state index contributed by atoms with van der Waals surface area (Å²) in [4.78, 5) is 51.3. The highest BCUT2D eigenvalue weighted by Crippen LogP contribution is 2.46. The van der Waals surface area contributed by atoms with Crippen molar-refractivity contribution in [3.05, 3.63) is 105 Å². The van der Waals surface area contributed by atoms with Crippen LogP contribution in [0, 0.1) is 16.7 Å². The molecular formula is C31H31ClN6O4+2. The zero-order valence-corrected chi connectivity index (χ0v) is 24.6. The average molecular weight is 587 g/mol. The molecule has 0 aliphatic carbocycles. The zero-order chi connectivity index (χ0) is 29.8. The third kappa shape index (κ3) is 4.20. The Kier molecular flexibility index (Phi) is 6.89. The van der Waals surface area contributed by atoms with Gasteiger partial charge < -0.3 is 4.74 Å². The summed E-state index contributed by atoms with van der Waals surface area (Å²) in [5, 5.41) is 0.426.